The van der Waals surface area contributed by atoms with Gasteiger partial charge in [-0.2, -0.15) is 0 Å². The fraction of sp³-hybridized carbons (Fsp3) is 0.654. The van der Waals surface area contributed by atoms with Gasteiger partial charge in [0.15, 0.2) is 0 Å². The van der Waals surface area contributed by atoms with Crippen LogP contribution in [0.15, 0.2) is 24.3 Å². The zero-order chi connectivity index (χ0) is 23.6. The Balaban J connectivity index is 1.52. The van der Waals surface area contributed by atoms with Crippen LogP contribution < -0.4 is 10.6 Å². The number of amides is 3. The molecular formula is C26H38FN3O3. The normalized spacial score (nSPS) is 23.1. The number of likely N-dealkylation sites (tertiary alicyclic amines) is 1. The van der Waals surface area contributed by atoms with Crippen molar-refractivity contribution in [2.75, 3.05) is 13.1 Å². The summed E-state index contributed by atoms with van der Waals surface area (Å²) < 4.78 is 13.2. The molecule has 3 amide bonds. The van der Waals surface area contributed by atoms with Crippen molar-refractivity contribution in [2.45, 2.75) is 89.6 Å². The molecule has 2 aliphatic rings. The average molecular weight is 460 g/mol. The second-order valence-electron chi connectivity index (χ2n) is 9.48. The predicted molar refractivity (Wildman–Crippen MR) is 126 cm³/mol. The van der Waals surface area contributed by atoms with Gasteiger partial charge in [-0.3, -0.25) is 14.4 Å². The largest absolute Gasteiger partial charge is 0.351 e. The van der Waals surface area contributed by atoms with E-state index in [1.807, 2.05) is 4.90 Å². The smallest absolute Gasteiger partial charge is 0.251 e. The van der Waals surface area contributed by atoms with Crippen LogP contribution in [0, 0.1) is 11.7 Å². The van der Waals surface area contributed by atoms with Crippen molar-refractivity contribution in [1.29, 1.82) is 0 Å². The molecule has 33 heavy (non-hydrogen) atoms. The summed E-state index contributed by atoms with van der Waals surface area (Å²) in [6, 6.07) is 5.20. The molecule has 1 aromatic carbocycles. The van der Waals surface area contributed by atoms with E-state index < -0.39 is 0 Å². The summed E-state index contributed by atoms with van der Waals surface area (Å²) in [5, 5.41) is 6.21. The molecule has 2 fully saturated rings. The van der Waals surface area contributed by atoms with E-state index in [0.29, 0.717) is 18.5 Å². The second kappa shape index (κ2) is 12.7. The molecule has 0 unspecified atom stereocenters. The standard InChI is InChI=1S/C26H38FN3O3/c1-2-3-4-5-12-24(31)30-17-8-9-20(18-30)26(33)29-23-11-7-6-10-22(23)28-25(32)19-13-15-21(27)16-14-19/h13-16,20,22-23H,2-12,17-18H2,1H3,(H,28,32)(H,29,33)/t20-,22+,23+/m0/s1. The molecule has 3 rings (SSSR count). The van der Waals surface area contributed by atoms with Gasteiger partial charge in [0.25, 0.3) is 5.91 Å². The van der Waals surface area contributed by atoms with Crippen molar-refractivity contribution in [3.8, 4) is 0 Å². The molecule has 1 aliphatic carbocycles. The van der Waals surface area contributed by atoms with Crippen LogP contribution in [0.4, 0.5) is 4.39 Å². The Bertz CT molecular complexity index is 798. The summed E-state index contributed by atoms with van der Waals surface area (Å²) in [7, 11) is 0. The maximum atomic E-state index is 13.2. The van der Waals surface area contributed by atoms with Gasteiger partial charge in [0, 0.05) is 37.2 Å². The molecule has 0 bridgehead atoms. The second-order valence-corrected chi connectivity index (χ2v) is 9.48. The number of rotatable bonds is 9. The highest BCUT2D eigenvalue weighted by Crippen LogP contribution is 2.22. The van der Waals surface area contributed by atoms with Crippen LogP contribution in [0.1, 0.15) is 87.9 Å². The number of nitrogens with zero attached hydrogens (tertiary/aromatic N) is 1. The van der Waals surface area contributed by atoms with E-state index in [1.54, 1.807) is 0 Å². The van der Waals surface area contributed by atoms with E-state index in [2.05, 4.69) is 17.6 Å². The lowest BCUT2D eigenvalue weighted by molar-refractivity contribution is -0.136. The highest BCUT2D eigenvalue weighted by Gasteiger charge is 2.33. The molecule has 2 N–H and O–H groups in total. The number of unbranched alkanes of at least 4 members (excludes halogenated alkanes) is 3. The Morgan fingerprint density at radius 3 is 2.33 bits per heavy atom. The lowest BCUT2D eigenvalue weighted by Gasteiger charge is -2.36. The first-order valence-electron chi connectivity index (χ1n) is 12.6. The van der Waals surface area contributed by atoms with Crippen molar-refractivity contribution in [1.82, 2.24) is 15.5 Å². The Kier molecular flexibility index (Phi) is 9.70. The van der Waals surface area contributed by atoms with Crippen LogP contribution in [-0.4, -0.2) is 47.8 Å². The highest BCUT2D eigenvalue weighted by atomic mass is 19.1. The van der Waals surface area contributed by atoms with E-state index in [-0.39, 0.29) is 41.5 Å². The van der Waals surface area contributed by atoms with Gasteiger partial charge in [-0.05, 0) is 56.4 Å². The van der Waals surface area contributed by atoms with Crippen molar-refractivity contribution in [3.63, 3.8) is 0 Å². The fourth-order valence-corrected chi connectivity index (χ4v) is 4.91. The number of halogens is 1. The maximum Gasteiger partial charge on any atom is 0.251 e. The molecular weight excluding hydrogens is 421 g/mol. The number of carbonyl (C=O) groups is 3. The molecule has 6 nitrogen and oxygen atoms in total. The fourth-order valence-electron chi connectivity index (χ4n) is 4.91. The Hall–Kier alpha value is -2.44. The van der Waals surface area contributed by atoms with Crippen LogP contribution in [0.5, 0.6) is 0 Å². The summed E-state index contributed by atoms with van der Waals surface area (Å²) in [5.74, 6) is -0.695. The molecule has 7 heteroatoms. The Morgan fingerprint density at radius 2 is 1.64 bits per heavy atom. The van der Waals surface area contributed by atoms with Gasteiger partial charge in [0.05, 0.1) is 5.92 Å². The summed E-state index contributed by atoms with van der Waals surface area (Å²) >= 11 is 0. The lowest BCUT2D eigenvalue weighted by atomic mass is 9.88. The van der Waals surface area contributed by atoms with Gasteiger partial charge in [-0.1, -0.05) is 39.0 Å². The van der Waals surface area contributed by atoms with E-state index in [0.717, 1.165) is 70.8 Å². The summed E-state index contributed by atoms with van der Waals surface area (Å²) in [6.07, 6.45) is 10.1. The van der Waals surface area contributed by atoms with Crippen LogP contribution in [0.25, 0.3) is 0 Å². The van der Waals surface area contributed by atoms with Crippen LogP contribution in [0.2, 0.25) is 0 Å². The van der Waals surface area contributed by atoms with E-state index >= 15 is 0 Å². The molecule has 1 aromatic rings. The Morgan fingerprint density at radius 1 is 0.939 bits per heavy atom. The van der Waals surface area contributed by atoms with Crippen LogP contribution in [-0.2, 0) is 9.59 Å². The van der Waals surface area contributed by atoms with Crippen LogP contribution in [0.3, 0.4) is 0 Å². The first-order valence-corrected chi connectivity index (χ1v) is 12.6. The number of piperidine rings is 1. The lowest BCUT2D eigenvalue weighted by Crippen LogP contribution is -2.55. The topological polar surface area (TPSA) is 78.5 Å². The SMILES string of the molecule is CCCCCCC(=O)N1CCC[C@H](C(=O)N[C@@H]2CCCC[C@H]2NC(=O)c2ccc(F)cc2)C1. The molecule has 1 heterocycles. The third kappa shape index (κ3) is 7.54. The number of carbonyl (C=O) groups excluding carboxylic acids is 3. The highest BCUT2D eigenvalue weighted by molar-refractivity contribution is 5.94. The molecule has 0 spiro atoms. The zero-order valence-electron chi connectivity index (χ0n) is 19.8. The van der Waals surface area contributed by atoms with Crippen molar-refractivity contribution in [2.24, 2.45) is 5.92 Å². The third-order valence-electron chi connectivity index (χ3n) is 6.91. The van der Waals surface area contributed by atoms with E-state index in [9.17, 15) is 18.8 Å². The summed E-state index contributed by atoms with van der Waals surface area (Å²) in [4.78, 5) is 40.1. The molecule has 0 aromatic heterocycles. The first-order chi connectivity index (χ1) is 16.0. The summed E-state index contributed by atoms with van der Waals surface area (Å²) in [6.45, 7) is 3.37. The molecule has 1 saturated heterocycles. The van der Waals surface area contributed by atoms with Gasteiger partial charge in [-0.25, -0.2) is 4.39 Å². The zero-order valence-corrected chi connectivity index (χ0v) is 19.8. The molecule has 182 valence electrons. The number of hydrogen-bond acceptors (Lipinski definition) is 3. The number of nitrogens with one attached hydrogen (secondary N) is 2. The van der Waals surface area contributed by atoms with E-state index in [4.69, 9.17) is 0 Å². The number of hydrogen-bond donors (Lipinski definition) is 2. The van der Waals surface area contributed by atoms with Crippen LogP contribution >= 0.6 is 0 Å². The van der Waals surface area contributed by atoms with Gasteiger partial charge < -0.3 is 15.5 Å². The van der Waals surface area contributed by atoms with Crippen molar-refractivity contribution in [3.05, 3.63) is 35.6 Å². The van der Waals surface area contributed by atoms with Gasteiger partial charge in [0.2, 0.25) is 11.8 Å². The van der Waals surface area contributed by atoms with Gasteiger partial charge in [0.1, 0.15) is 5.82 Å². The van der Waals surface area contributed by atoms with Gasteiger partial charge >= 0.3 is 0 Å². The maximum absolute atomic E-state index is 13.2. The summed E-state index contributed by atoms with van der Waals surface area (Å²) in [5.41, 5.74) is 0.410. The van der Waals surface area contributed by atoms with Gasteiger partial charge in [-0.15, -0.1) is 0 Å². The molecule has 1 aliphatic heterocycles. The first kappa shape index (κ1) is 25.2. The molecule has 1 saturated carbocycles. The third-order valence-corrected chi connectivity index (χ3v) is 6.91. The number of benzene rings is 1. The average Bonchev–Trinajstić information content (AvgIpc) is 2.83. The van der Waals surface area contributed by atoms with Crippen molar-refractivity contribution >= 4 is 17.7 Å². The molecule has 0 radical (unpaired) electrons. The quantitative estimate of drug-likeness (QED) is 0.544. The molecule has 3 atom stereocenters. The Labute approximate surface area is 196 Å². The minimum Gasteiger partial charge on any atom is -0.351 e. The van der Waals surface area contributed by atoms with E-state index in [1.165, 1.54) is 24.3 Å². The predicted octanol–water partition coefficient (Wildman–Crippen LogP) is 4.19. The minimum absolute atomic E-state index is 0.0218. The minimum atomic E-state index is -0.379. The monoisotopic (exact) mass is 459 g/mol. The van der Waals surface area contributed by atoms with Crippen molar-refractivity contribution < 1.29 is 18.8 Å².